The third-order valence-electron chi connectivity index (χ3n) is 4.14. The van der Waals surface area contributed by atoms with Crippen molar-refractivity contribution in [3.05, 3.63) is 29.8 Å². The monoisotopic (exact) mass is 289 g/mol. The van der Waals surface area contributed by atoms with Crippen molar-refractivity contribution in [1.29, 1.82) is 0 Å². The van der Waals surface area contributed by atoms with Gasteiger partial charge in [0.05, 0.1) is 5.92 Å². The molecule has 0 spiro atoms. The van der Waals surface area contributed by atoms with Crippen molar-refractivity contribution in [1.82, 2.24) is 10.6 Å². The van der Waals surface area contributed by atoms with Crippen LogP contribution in [0.15, 0.2) is 24.3 Å². The lowest BCUT2D eigenvalue weighted by molar-refractivity contribution is -0.129. The minimum atomic E-state index is -0.197. The van der Waals surface area contributed by atoms with Gasteiger partial charge in [-0.2, -0.15) is 0 Å². The third-order valence-corrected chi connectivity index (χ3v) is 4.14. The molecule has 1 fully saturated rings. The lowest BCUT2D eigenvalue weighted by atomic mass is 9.92. The van der Waals surface area contributed by atoms with Crippen LogP contribution in [-0.4, -0.2) is 18.2 Å². The lowest BCUT2D eigenvalue weighted by Gasteiger charge is -2.36. The van der Waals surface area contributed by atoms with Crippen LogP contribution in [0.25, 0.3) is 0 Å². The Morgan fingerprint density at radius 2 is 1.90 bits per heavy atom. The van der Waals surface area contributed by atoms with Gasteiger partial charge in [0.25, 0.3) is 0 Å². The second-order valence-corrected chi connectivity index (χ2v) is 6.01. The lowest BCUT2D eigenvalue weighted by Crippen LogP contribution is -2.63. The summed E-state index contributed by atoms with van der Waals surface area (Å²) in [5, 5.41) is 9.78. The van der Waals surface area contributed by atoms with E-state index in [1.165, 1.54) is 18.4 Å². The number of hydrogen-bond donors (Lipinski definition) is 3. The van der Waals surface area contributed by atoms with Gasteiger partial charge in [-0.25, -0.2) is 0 Å². The molecule has 3 unspecified atom stereocenters. The van der Waals surface area contributed by atoms with Gasteiger partial charge in [0.1, 0.15) is 0 Å². The van der Waals surface area contributed by atoms with Crippen LogP contribution in [0.3, 0.4) is 0 Å². The van der Waals surface area contributed by atoms with E-state index in [0.717, 1.165) is 18.5 Å². The number of unbranched alkanes of at least 4 members (excludes halogenated alkanes) is 2. The Hall–Kier alpha value is -1.55. The molecular formula is C17H27N3O. The molecule has 0 bridgehead atoms. The molecule has 1 aliphatic rings. The van der Waals surface area contributed by atoms with Gasteiger partial charge < -0.3 is 10.6 Å². The fraction of sp³-hybridized carbons (Fsp3) is 0.588. The summed E-state index contributed by atoms with van der Waals surface area (Å²) in [6, 6.07) is 8.37. The van der Waals surface area contributed by atoms with E-state index >= 15 is 0 Å². The molecule has 1 aliphatic heterocycles. The Kier molecular flexibility index (Phi) is 5.62. The standard InChI is InChI=1S/C17H27N3O/c1-4-5-6-7-15-13(3)18-17(20-16(15)21)19-14-10-8-12(2)9-11-14/h8-11,13,15,17-19H,4-7H2,1-3H3,(H,20,21). The summed E-state index contributed by atoms with van der Waals surface area (Å²) in [6.45, 7) is 6.34. The molecule has 2 rings (SSSR count). The highest BCUT2D eigenvalue weighted by Gasteiger charge is 2.32. The third kappa shape index (κ3) is 4.46. The highest BCUT2D eigenvalue weighted by molar-refractivity contribution is 5.80. The topological polar surface area (TPSA) is 53.2 Å². The summed E-state index contributed by atoms with van der Waals surface area (Å²) >= 11 is 0. The van der Waals surface area contributed by atoms with Gasteiger partial charge in [-0.3, -0.25) is 10.1 Å². The predicted octanol–water partition coefficient (Wildman–Crippen LogP) is 2.99. The largest absolute Gasteiger partial charge is 0.353 e. The quantitative estimate of drug-likeness (QED) is 0.706. The fourth-order valence-corrected chi connectivity index (χ4v) is 2.79. The van der Waals surface area contributed by atoms with Crippen LogP contribution in [0.1, 0.15) is 45.1 Å². The number of carbonyl (C=O) groups is 1. The van der Waals surface area contributed by atoms with Crippen LogP contribution < -0.4 is 16.0 Å². The summed E-state index contributed by atoms with van der Waals surface area (Å²) in [5.74, 6) is 0.231. The smallest absolute Gasteiger partial charge is 0.227 e. The van der Waals surface area contributed by atoms with E-state index in [9.17, 15) is 4.79 Å². The molecule has 0 saturated carbocycles. The van der Waals surface area contributed by atoms with E-state index in [1.807, 2.05) is 12.1 Å². The first kappa shape index (κ1) is 15.8. The molecule has 0 aliphatic carbocycles. The molecule has 1 aromatic carbocycles. The van der Waals surface area contributed by atoms with Crippen molar-refractivity contribution >= 4 is 11.6 Å². The summed E-state index contributed by atoms with van der Waals surface area (Å²) in [4.78, 5) is 12.3. The summed E-state index contributed by atoms with van der Waals surface area (Å²) < 4.78 is 0. The summed E-state index contributed by atoms with van der Waals surface area (Å²) in [6.07, 6.45) is 4.27. The average Bonchev–Trinajstić information content (AvgIpc) is 2.44. The second kappa shape index (κ2) is 7.46. The number of nitrogens with one attached hydrogen (secondary N) is 3. The minimum Gasteiger partial charge on any atom is -0.353 e. The average molecular weight is 289 g/mol. The van der Waals surface area contributed by atoms with Crippen LogP contribution in [-0.2, 0) is 4.79 Å². The van der Waals surface area contributed by atoms with Crippen LogP contribution >= 0.6 is 0 Å². The first-order valence-corrected chi connectivity index (χ1v) is 7.99. The molecule has 1 aromatic rings. The van der Waals surface area contributed by atoms with Gasteiger partial charge in [-0.05, 0) is 32.4 Å². The number of hydrogen-bond acceptors (Lipinski definition) is 3. The first-order chi connectivity index (χ1) is 10.1. The maximum absolute atomic E-state index is 12.3. The SMILES string of the molecule is CCCCCC1C(=O)NC(Nc2ccc(C)cc2)NC1C. The van der Waals surface area contributed by atoms with Crippen molar-refractivity contribution in [3.63, 3.8) is 0 Å². The van der Waals surface area contributed by atoms with Crippen LogP contribution in [0.4, 0.5) is 5.69 Å². The molecule has 4 nitrogen and oxygen atoms in total. The van der Waals surface area contributed by atoms with Crippen LogP contribution in [0.5, 0.6) is 0 Å². The molecular weight excluding hydrogens is 262 g/mol. The number of benzene rings is 1. The zero-order valence-corrected chi connectivity index (χ0v) is 13.3. The van der Waals surface area contributed by atoms with Crippen LogP contribution in [0.2, 0.25) is 0 Å². The van der Waals surface area contributed by atoms with Crippen molar-refractivity contribution in [2.24, 2.45) is 5.92 Å². The van der Waals surface area contributed by atoms with E-state index in [-0.39, 0.29) is 24.2 Å². The summed E-state index contributed by atoms with van der Waals surface area (Å²) in [7, 11) is 0. The number of rotatable bonds is 6. The van der Waals surface area contributed by atoms with Gasteiger partial charge >= 0.3 is 0 Å². The molecule has 1 amide bonds. The number of amides is 1. The van der Waals surface area contributed by atoms with E-state index in [1.54, 1.807) is 0 Å². The number of carbonyl (C=O) groups excluding carboxylic acids is 1. The molecule has 1 saturated heterocycles. The van der Waals surface area contributed by atoms with Crippen molar-refractivity contribution in [2.75, 3.05) is 5.32 Å². The molecule has 3 N–H and O–H groups in total. The van der Waals surface area contributed by atoms with Gasteiger partial charge in [0.15, 0.2) is 6.29 Å². The molecule has 0 radical (unpaired) electrons. The normalized spacial score (nSPS) is 25.5. The van der Waals surface area contributed by atoms with Gasteiger partial charge in [-0.1, -0.05) is 43.9 Å². The zero-order valence-electron chi connectivity index (χ0n) is 13.3. The van der Waals surface area contributed by atoms with E-state index in [4.69, 9.17) is 0 Å². The molecule has 3 atom stereocenters. The van der Waals surface area contributed by atoms with Gasteiger partial charge in [0, 0.05) is 11.7 Å². The highest BCUT2D eigenvalue weighted by atomic mass is 16.2. The predicted molar refractivity (Wildman–Crippen MR) is 87.0 cm³/mol. The molecule has 4 heteroatoms. The second-order valence-electron chi connectivity index (χ2n) is 6.01. The first-order valence-electron chi connectivity index (χ1n) is 7.99. The maximum Gasteiger partial charge on any atom is 0.227 e. The number of anilines is 1. The van der Waals surface area contributed by atoms with E-state index in [2.05, 4.69) is 48.9 Å². The van der Waals surface area contributed by atoms with Crippen LogP contribution in [0, 0.1) is 12.8 Å². The molecule has 116 valence electrons. The molecule has 0 aromatic heterocycles. The Labute approximate surface area is 127 Å². The van der Waals surface area contributed by atoms with Crippen molar-refractivity contribution in [2.45, 2.75) is 58.8 Å². The molecule has 1 heterocycles. The highest BCUT2D eigenvalue weighted by Crippen LogP contribution is 2.19. The Balaban J connectivity index is 1.88. The fourth-order valence-electron chi connectivity index (χ4n) is 2.79. The van der Waals surface area contributed by atoms with E-state index < -0.39 is 0 Å². The number of aryl methyl sites for hydroxylation is 1. The zero-order chi connectivity index (χ0) is 15.2. The Bertz CT molecular complexity index is 458. The van der Waals surface area contributed by atoms with Crippen molar-refractivity contribution < 1.29 is 4.79 Å². The van der Waals surface area contributed by atoms with Gasteiger partial charge in [0.2, 0.25) is 5.91 Å². The van der Waals surface area contributed by atoms with E-state index in [0.29, 0.717) is 0 Å². The molecule has 21 heavy (non-hydrogen) atoms. The minimum absolute atomic E-state index is 0.0765. The summed E-state index contributed by atoms with van der Waals surface area (Å²) in [5.41, 5.74) is 2.24. The van der Waals surface area contributed by atoms with Gasteiger partial charge in [-0.15, -0.1) is 0 Å². The maximum atomic E-state index is 12.3. The Morgan fingerprint density at radius 3 is 2.52 bits per heavy atom. The van der Waals surface area contributed by atoms with Crippen molar-refractivity contribution in [3.8, 4) is 0 Å². The Morgan fingerprint density at radius 1 is 1.19 bits per heavy atom.